The van der Waals surface area contributed by atoms with Crippen LogP contribution in [-0.4, -0.2) is 51.9 Å². The van der Waals surface area contributed by atoms with Crippen LogP contribution in [-0.2, 0) is 6.42 Å². The lowest BCUT2D eigenvalue weighted by Gasteiger charge is -2.18. The molecular weight excluding hydrogens is 332 g/mol. The number of rotatable bonds is 9. The third-order valence-corrected chi connectivity index (χ3v) is 3.96. The second kappa shape index (κ2) is 10.2. The molecule has 26 heavy (non-hydrogen) atoms. The lowest BCUT2D eigenvalue weighted by Crippen LogP contribution is -2.40. The van der Waals surface area contributed by atoms with Gasteiger partial charge in [0.15, 0.2) is 0 Å². The van der Waals surface area contributed by atoms with Crippen molar-refractivity contribution in [3.63, 3.8) is 0 Å². The number of benzene rings is 2. The number of methoxy groups -OCH3 is 2. The number of hydrogen-bond donors (Lipinski definition) is 1. The maximum absolute atomic E-state index is 12.1. The Bertz CT molecular complexity index is 688. The van der Waals surface area contributed by atoms with Gasteiger partial charge in [0.05, 0.1) is 20.8 Å². The second-order valence-electron chi connectivity index (χ2n) is 5.74. The number of urea groups is 1. The van der Waals surface area contributed by atoms with Crippen molar-refractivity contribution in [3.05, 3.63) is 54.1 Å². The van der Waals surface area contributed by atoms with Gasteiger partial charge >= 0.3 is 6.03 Å². The van der Waals surface area contributed by atoms with Crippen LogP contribution in [0.5, 0.6) is 17.2 Å². The highest BCUT2D eigenvalue weighted by Crippen LogP contribution is 2.17. The van der Waals surface area contributed by atoms with E-state index in [9.17, 15) is 4.79 Å². The standard InChI is InChI=1S/C20H26N2O4/c1-22(14-15-26-18-10-8-17(24-2)9-11-18)20(23)21-13-12-16-6-4-5-7-19(16)25-3/h4-11H,12-15H2,1-3H3,(H,21,23). The zero-order valence-electron chi connectivity index (χ0n) is 15.5. The van der Waals surface area contributed by atoms with E-state index in [0.717, 1.165) is 22.8 Å². The number of carbonyl (C=O) groups is 1. The molecule has 0 atom stereocenters. The van der Waals surface area contributed by atoms with Crippen molar-refractivity contribution < 1.29 is 19.0 Å². The third kappa shape index (κ3) is 5.88. The average molecular weight is 358 g/mol. The number of nitrogens with one attached hydrogen (secondary N) is 1. The topological polar surface area (TPSA) is 60.0 Å². The first-order chi connectivity index (χ1) is 12.6. The molecule has 0 aromatic heterocycles. The molecule has 2 aromatic carbocycles. The average Bonchev–Trinajstić information content (AvgIpc) is 2.68. The van der Waals surface area contributed by atoms with Gasteiger partial charge in [-0.25, -0.2) is 4.79 Å². The molecule has 0 spiro atoms. The predicted molar refractivity (Wildman–Crippen MR) is 101 cm³/mol. The van der Waals surface area contributed by atoms with Crippen LogP contribution < -0.4 is 19.5 Å². The SMILES string of the molecule is COc1ccc(OCCN(C)C(=O)NCCc2ccccc2OC)cc1. The van der Waals surface area contributed by atoms with Crippen molar-refractivity contribution >= 4 is 6.03 Å². The van der Waals surface area contributed by atoms with Gasteiger partial charge in [-0.3, -0.25) is 0 Å². The number of likely N-dealkylation sites (N-methyl/N-ethyl adjacent to an activating group) is 1. The Balaban J connectivity index is 1.68. The van der Waals surface area contributed by atoms with E-state index in [0.29, 0.717) is 26.1 Å². The van der Waals surface area contributed by atoms with Gasteiger partial charge in [0.1, 0.15) is 23.9 Å². The van der Waals surface area contributed by atoms with Gasteiger partial charge in [-0.15, -0.1) is 0 Å². The third-order valence-electron chi connectivity index (χ3n) is 3.96. The Labute approximate surface area is 154 Å². The van der Waals surface area contributed by atoms with Crippen LogP contribution in [0.4, 0.5) is 4.79 Å². The quantitative estimate of drug-likeness (QED) is 0.749. The minimum Gasteiger partial charge on any atom is -0.497 e. The summed E-state index contributed by atoms with van der Waals surface area (Å²) in [5, 5.41) is 2.91. The van der Waals surface area contributed by atoms with Crippen molar-refractivity contribution in [3.8, 4) is 17.2 Å². The number of hydrogen-bond acceptors (Lipinski definition) is 4. The number of para-hydroxylation sites is 1. The highest BCUT2D eigenvalue weighted by atomic mass is 16.5. The first-order valence-corrected chi connectivity index (χ1v) is 8.51. The Morgan fingerprint density at radius 1 is 1.00 bits per heavy atom. The molecule has 2 aromatic rings. The molecule has 0 aliphatic carbocycles. The zero-order chi connectivity index (χ0) is 18.8. The molecule has 0 aliphatic heterocycles. The fraction of sp³-hybridized carbons (Fsp3) is 0.350. The fourth-order valence-corrected chi connectivity index (χ4v) is 2.42. The van der Waals surface area contributed by atoms with Crippen LogP contribution in [0.3, 0.4) is 0 Å². The van der Waals surface area contributed by atoms with E-state index in [1.807, 2.05) is 48.5 Å². The van der Waals surface area contributed by atoms with Crippen molar-refractivity contribution in [1.29, 1.82) is 0 Å². The number of nitrogens with zero attached hydrogens (tertiary/aromatic N) is 1. The van der Waals surface area contributed by atoms with Gasteiger partial charge < -0.3 is 24.4 Å². The van der Waals surface area contributed by atoms with E-state index < -0.39 is 0 Å². The number of ether oxygens (including phenoxy) is 3. The van der Waals surface area contributed by atoms with E-state index in [1.54, 1.807) is 26.2 Å². The maximum atomic E-state index is 12.1. The summed E-state index contributed by atoms with van der Waals surface area (Å²) in [6.45, 7) is 1.46. The summed E-state index contributed by atoms with van der Waals surface area (Å²) in [5.41, 5.74) is 1.07. The molecule has 0 saturated heterocycles. The Kier molecular flexibility index (Phi) is 7.61. The largest absolute Gasteiger partial charge is 0.497 e. The first kappa shape index (κ1) is 19.4. The van der Waals surface area contributed by atoms with Crippen LogP contribution in [0.1, 0.15) is 5.56 Å². The molecule has 0 bridgehead atoms. The normalized spacial score (nSPS) is 10.1. The van der Waals surface area contributed by atoms with Crippen molar-refractivity contribution in [2.75, 3.05) is 41.0 Å². The van der Waals surface area contributed by atoms with Gasteiger partial charge in [0.25, 0.3) is 0 Å². The van der Waals surface area contributed by atoms with Gasteiger partial charge in [-0.2, -0.15) is 0 Å². The van der Waals surface area contributed by atoms with E-state index in [1.165, 1.54) is 0 Å². The summed E-state index contributed by atoms with van der Waals surface area (Å²) < 4.78 is 16.1. The van der Waals surface area contributed by atoms with Crippen LogP contribution in [0.2, 0.25) is 0 Å². The monoisotopic (exact) mass is 358 g/mol. The number of carbonyl (C=O) groups excluding carboxylic acids is 1. The molecule has 2 amide bonds. The smallest absolute Gasteiger partial charge is 0.317 e. The van der Waals surface area contributed by atoms with Gasteiger partial charge in [0, 0.05) is 13.6 Å². The molecule has 1 N–H and O–H groups in total. The minimum absolute atomic E-state index is 0.127. The summed E-state index contributed by atoms with van der Waals surface area (Å²) in [4.78, 5) is 13.7. The molecule has 0 saturated carbocycles. The van der Waals surface area contributed by atoms with Crippen molar-refractivity contribution in [2.45, 2.75) is 6.42 Å². The second-order valence-corrected chi connectivity index (χ2v) is 5.74. The van der Waals surface area contributed by atoms with Crippen molar-refractivity contribution in [2.24, 2.45) is 0 Å². The summed E-state index contributed by atoms with van der Waals surface area (Å²) in [6, 6.07) is 15.0. The van der Waals surface area contributed by atoms with Gasteiger partial charge in [-0.05, 0) is 42.3 Å². The van der Waals surface area contributed by atoms with Gasteiger partial charge in [0.2, 0.25) is 0 Å². The molecule has 2 rings (SSSR count). The minimum atomic E-state index is -0.127. The Morgan fingerprint density at radius 3 is 2.38 bits per heavy atom. The predicted octanol–water partition coefficient (Wildman–Crippen LogP) is 2.97. The molecular formula is C20H26N2O4. The summed E-state index contributed by atoms with van der Waals surface area (Å²) in [6.07, 6.45) is 0.714. The van der Waals surface area contributed by atoms with E-state index in [4.69, 9.17) is 14.2 Å². The van der Waals surface area contributed by atoms with Gasteiger partial charge in [-0.1, -0.05) is 18.2 Å². The zero-order valence-corrected chi connectivity index (χ0v) is 15.5. The molecule has 0 heterocycles. The van der Waals surface area contributed by atoms with E-state index in [-0.39, 0.29) is 6.03 Å². The Morgan fingerprint density at radius 2 is 1.69 bits per heavy atom. The highest BCUT2D eigenvalue weighted by Gasteiger charge is 2.09. The van der Waals surface area contributed by atoms with E-state index in [2.05, 4.69) is 5.32 Å². The highest BCUT2D eigenvalue weighted by molar-refractivity contribution is 5.73. The van der Waals surface area contributed by atoms with Crippen LogP contribution in [0, 0.1) is 0 Å². The first-order valence-electron chi connectivity index (χ1n) is 8.51. The molecule has 0 fully saturated rings. The lowest BCUT2D eigenvalue weighted by atomic mass is 10.1. The summed E-state index contributed by atoms with van der Waals surface area (Å²) >= 11 is 0. The van der Waals surface area contributed by atoms with Crippen LogP contribution in [0.15, 0.2) is 48.5 Å². The van der Waals surface area contributed by atoms with Crippen LogP contribution >= 0.6 is 0 Å². The maximum Gasteiger partial charge on any atom is 0.317 e. The van der Waals surface area contributed by atoms with E-state index >= 15 is 0 Å². The fourth-order valence-electron chi connectivity index (χ4n) is 2.42. The molecule has 140 valence electrons. The summed E-state index contributed by atoms with van der Waals surface area (Å²) in [5.74, 6) is 2.36. The van der Waals surface area contributed by atoms with Crippen LogP contribution in [0.25, 0.3) is 0 Å². The molecule has 0 aliphatic rings. The molecule has 6 nitrogen and oxygen atoms in total. The molecule has 0 radical (unpaired) electrons. The number of amides is 2. The Hall–Kier alpha value is -2.89. The summed E-state index contributed by atoms with van der Waals surface area (Å²) in [7, 11) is 5.02. The van der Waals surface area contributed by atoms with Crippen molar-refractivity contribution in [1.82, 2.24) is 10.2 Å². The molecule has 6 heteroatoms. The molecule has 0 unspecified atom stereocenters. The lowest BCUT2D eigenvalue weighted by molar-refractivity contribution is 0.195.